The van der Waals surface area contributed by atoms with E-state index in [2.05, 4.69) is 24.5 Å². The fourth-order valence-electron chi connectivity index (χ4n) is 2.92. The summed E-state index contributed by atoms with van der Waals surface area (Å²) >= 11 is 0. The summed E-state index contributed by atoms with van der Waals surface area (Å²) in [5.41, 5.74) is 0.750. The predicted octanol–water partition coefficient (Wildman–Crippen LogP) is 2.55. The lowest BCUT2D eigenvalue weighted by Crippen LogP contribution is -2.55. The van der Waals surface area contributed by atoms with Crippen molar-refractivity contribution >= 4 is 16.9 Å². The van der Waals surface area contributed by atoms with Gasteiger partial charge in [-0.05, 0) is 37.9 Å². The first-order chi connectivity index (χ1) is 9.65. The highest BCUT2D eigenvalue weighted by molar-refractivity contribution is 5.96. The standard InChI is InChI=1S/C16H20N2O2/c1-10-7-8-17-11(2)15(10)18-16(19)14-9-12-5-3-4-6-13(12)20-14/h3-6,9-11,15,17H,7-8H2,1-2H3,(H,18,19). The van der Waals surface area contributed by atoms with Crippen molar-refractivity contribution in [1.29, 1.82) is 0 Å². The molecule has 1 saturated heterocycles. The highest BCUT2D eigenvalue weighted by atomic mass is 16.3. The third kappa shape index (κ3) is 2.43. The molecular weight excluding hydrogens is 252 g/mol. The monoisotopic (exact) mass is 272 g/mol. The Morgan fingerprint density at radius 1 is 1.35 bits per heavy atom. The van der Waals surface area contributed by atoms with Gasteiger partial charge in [0.25, 0.3) is 5.91 Å². The first kappa shape index (κ1) is 13.2. The molecule has 2 heterocycles. The zero-order valence-electron chi connectivity index (χ0n) is 11.8. The van der Waals surface area contributed by atoms with Gasteiger partial charge >= 0.3 is 0 Å². The molecule has 0 bridgehead atoms. The van der Waals surface area contributed by atoms with E-state index in [1.165, 1.54) is 0 Å². The van der Waals surface area contributed by atoms with E-state index in [4.69, 9.17) is 4.42 Å². The van der Waals surface area contributed by atoms with Crippen molar-refractivity contribution in [2.75, 3.05) is 6.54 Å². The van der Waals surface area contributed by atoms with Gasteiger partial charge < -0.3 is 15.1 Å². The minimum Gasteiger partial charge on any atom is -0.451 e. The van der Waals surface area contributed by atoms with Crippen LogP contribution in [0.3, 0.4) is 0 Å². The second kappa shape index (κ2) is 5.29. The van der Waals surface area contributed by atoms with E-state index in [9.17, 15) is 4.79 Å². The number of carbonyl (C=O) groups is 1. The van der Waals surface area contributed by atoms with E-state index < -0.39 is 0 Å². The SMILES string of the molecule is CC1CCNC(C)C1NC(=O)c1cc2ccccc2o1. The summed E-state index contributed by atoms with van der Waals surface area (Å²) in [6.07, 6.45) is 1.08. The minimum absolute atomic E-state index is 0.131. The maximum absolute atomic E-state index is 12.3. The van der Waals surface area contributed by atoms with Crippen molar-refractivity contribution in [3.8, 4) is 0 Å². The van der Waals surface area contributed by atoms with Crippen LogP contribution in [0.25, 0.3) is 11.0 Å². The largest absolute Gasteiger partial charge is 0.451 e. The summed E-state index contributed by atoms with van der Waals surface area (Å²) < 4.78 is 5.61. The van der Waals surface area contributed by atoms with Crippen molar-refractivity contribution in [3.63, 3.8) is 0 Å². The number of piperidine rings is 1. The van der Waals surface area contributed by atoms with Gasteiger partial charge in [0.1, 0.15) is 5.58 Å². The molecule has 2 N–H and O–H groups in total. The molecule has 3 atom stereocenters. The molecule has 4 heteroatoms. The average molecular weight is 272 g/mol. The van der Waals surface area contributed by atoms with Gasteiger partial charge in [-0.1, -0.05) is 25.1 Å². The average Bonchev–Trinajstić information content (AvgIpc) is 2.87. The number of amides is 1. The lowest BCUT2D eigenvalue weighted by molar-refractivity contribution is 0.0871. The highest BCUT2D eigenvalue weighted by Gasteiger charge is 2.29. The number of fused-ring (bicyclic) bond motifs is 1. The van der Waals surface area contributed by atoms with E-state index in [1.807, 2.05) is 24.3 Å². The van der Waals surface area contributed by atoms with Crippen LogP contribution in [0.4, 0.5) is 0 Å². The van der Waals surface area contributed by atoms with Gasteiger partial charge in [-0.15, -0.1) is 0 Å². The molecule has 0 aliphatic carbocycles. The molecule has 106 valence electrons. The Kier molecular flexibility index (Phi) is 3.49. The zero-order chi connectivity index (χ0) is 14.1. The lowest BCUT2D eigenvalue weighted by atomic mass is 9.89. The van der Waals surface area contributed by atoms with Gasteiger partial charge in [-0.25, -0.2) is 0 Å². The van der Waals surface area contributed by atoms with E-state index in [-0.39, 0.29) is 18.0 Å². The topological polar surface area (TPSA) is 54.3 Å². The molecule has 4 nitrogen and oxygen atoms in total. The number of carbonyl (C=O) groups excluding carboxylic acids is 1. The molecule has 1 aliphatic rings. The van der Waals surface area contributed by atoms with Gasteiger partial charge in [0.05, 0.1) is 0 Å². The second-order valence-corrected chi connectivity index (χ2v) is 5.66. The third-order valence-corrected chi connectivity index (χ3v) is 4.16. The van der Waals surface area contributed by atoms with Gasteiger partial charge in [0.15, 0.2) is 5.76 Å². The van der Waals surface area contributed by atoms with E-state index in [0.717, 1.165) is 23.9 Å². The van der Waals surface area contributed by atoms with Crippen LogP contribution >= 0.6 is 0 Å². The van der Waals surface area contributed by atoms with Crippen molar-refractivity contribution in [3.05, 3.63) is 36.1 Å². The molecule has 1 aromatic heterocycles. The Balaban J connectivity index is 1.78. The number of benzene rings is 1. The number of hydrogen-bond donors (Lipinski definition) is 2. The van der Waals surface area contributed by atoms with E-state index in [0.29, 0.717) is 11.7 Å². The number of furan rings is 1. The first-order valence-electron chi connectivity index (χ1n) is 7.18. The van der Waals surface area contributed by atoms with E-state index in [1.54, 1.807) is 6.07 Å². The highest BCUT2D eigenvalue weighted by Crippen LogP contribution is 2.20. The molecule has 3 unspecified atom stereocenters. The Bertz CT molecular complexity index is 577. The van der Waals surface area contributed by atoms with Gasteiger partial charge in [-0.2, -0.15) is 0 Å². The number of hydrogen-bond acceptors (Lipinski definition) is 3. The van der Waals surface area contributed by atoms with Crippen LogP contribution in [0.1, 0.15) is 30.8 Å². The first-order valence-corrected chi connectivity index (χ1v) is 7.18. The molecule has 3 rings (SSSR count). The van der Waals surface area contributed by atoms with Crippen molar-refractivity contribution in [1.82, 2.24) is 10.6 Å². The Hall–Kier alpha value is -1.81. The number of nitrogens with one attached hydrogen (secondary N) is 2. The smallest absolute Gasteiger partial charge is 0.287 e. The van der Waals surface area contributed by atoms with Gasteiger partial charge in [-0.3, -0.25) is 4.79 Å². The molecule has 2 aromatic rings. The maximum atomic E-state index is 12.3. The van der Waals surface area contributed by atoms with Crippen LogP contribution in [0.5, 0.6) is 0 Å². The fraction of sp³-hybridized carbons (Fsp3) is 0.438. The van der Waals surface area contributed by atoms with Crippen molar-refractivity contribution < 1.29 is 9.21 Å². The second-order valence-electron chi connectivity index (χ2n) is 5.66. The van der Waals surface area contributed by atoms with Crippen LogP contribution in [0, 0.1) is 5.92 Å². The zero-order valence-corrected chi connectivity index (χ0v) is 11.8. The summed E-state index contributed by atoms with van der Waals surface area (Å²) in [4.78, 5) is 12.3. The maximum Gasteiger partial charge on any atom is 0.287 e. The van der Waals surface area contributed by atoms with Crippen LogP contribution in [-0.2, 0) is 0 Å². The van der Waals surface area contributed by atoms with Gasteiger partial charge in [0, 0.05) is 17.5 Å². The fourth-order valence-corrected chi connectivity index (χ4v) is 2.92. The van der Waals surface area contributed by atoms with Crippen LogP contribution < -0.4 is 10.6 Å². The van der Waals surface area contributed by atoms with Crippen LogP contribution in [-0.4, -0.2) is 24.5 Å². The molecule has 1 aromatic carbocycles. The molecule has 1 fully saturated rings. The molecule has 0 spiro atoms. The van der Waals surface area contributed by atoms with Crippen molar-refractivity contribution in [2.45, 2.75) is 32.4 Å². The normalized spacial score (nSPS) is 26.6. The molecule has 0 saturated carbocycles. The summed E-state index contributed by atoms with van der Waals surface area (Å²) in [7, 11) is 0. The summed E-state index contributed by atoms with van der Waals surface area (Å²) in [5.74, 6) is 0.726. The third-order valence-electron chi connectivity index (χ3n) is 4.16. The Morgan fingerprint density at radius 3 is 2.90 bits per heavy atom. The summed E-state index contributed by atoms with van der Waals surface area (Å²) in [6.45, 7) is 5.31. The van der Waals surface area contributed by atoms with Crippen LogP contribution in [0.2, 0.25) is 0 Å². The lowest BCUT2D eigenvalue weighted by Gasteiger charge is -2.35. The molecular formula is C16H20N2O2. The molecule has 1 aliphatic heterocycles. The molecule has 0 radical (unpaired) electrons. The molecule has 1 amide bonds. The van der Waals surface area contributed by atoms with Crippen molar-refractivity contribution in [2.24, 2.45) is 5.92 Å². The number of rotatable bonds is 2. The number of para-hydroxylation sites is 1. The minimum atomic E-state index is -0.131. The summed E-state index contributed by atoms with van der Waals surface area (Å²) in [5, 5.41) is 7.46. The van der Waals surface area contributed by atoms with Crippen LogP contribution in [0.15, 0.2) is 34.7 Å². The Morgan fingerprint density at radius 2 is 2.15 bits per heavy atom. The predicted molar refractivity (Wildman–Crippen MR) is 78.7 cm³/mol. The Labute approximate surface area is 118 Å². The van der Waals surface area contributed by atoms with E-state index >= 15 is 0 Å². The molecule has 20 heavy (non-hydrogen) atoms. The van der Waals surface area contributed by atoms with Gasteiger partial charge in [0.2, 0.25) is 0 Å². The summed E-state index contributed by atoms with van der Waals surface area (Å²) in [6, 6.07) is 9.90. The quantitative estimate of drug-likeness (QED) is 0.883.